The van der Waals surface area contributed by atoms with Crippen molar-refractivity contribution in [1.82, 2.24) is 0 Å². The van der Waals surface area contributed by atoms with Crippen molar-refractivity contribution in [2.24, 2.45) is 0 Å². The molecule has 0 aliphatic heterocycles. The molecule has 0 bridgehead atoms. The van der Waals surface area contributed by atoms with Gasteiger partial charge in [0.05, 0.1) is 5.38 Å². The standard InChI is InChI=1S/C5H9ClO3/c1-2-3(6)4(7)5(8)9/h3,7-9H,2H2,1H3. The van der Waals surface area contributed by atoms with E-state index in [1.54, 1.807) is 6.92 Å². The summed E-state index contributed by atoms with van der Waals surface area (Å²) in [4.78, 5) is 0. The van der Waals surface area contributed by atoms with Gasteiger partial charge >= 0.3 is 5.95 Å². The second-order valence-electron chi connectivity index (χ2n) is 1.58. The lowest BCUT2D eigenvalue weighted by Gasteiger charge is -2.02. The van der Waals surface area contributed by atoms with Crippen molar-refractivity contribution in [3.05, 3.63) is 11.7 Å². The quantitative estimate of drug-likeness (QED) is 0.418. The van der Waals surface area contributed by atoms with E-state index >= 15 is 0 Å². The van der Waals surface area contributed by atoms with Crippen LogP contribution < -0.4 is 0 Å². The van der Waals surface area contributed by atoms with E-state index in [0.29, 0.717) is 6.42 Å². The Morgan fingerprint density at radius 3 is 2.00 bits per heavy atom. The maximum Gasteiger partial charge on any atom is 0.315 e. The lowest BCUT2D eigenvalue weighted by atomic mass is 10.3. The van der Waals surface area contributed by atoms with E-state index in [1.807, 2.05) is 0 Å². The number of alkyl halides is 1. The van der Waals surface area contributed by atoms with E-state index in [9.17, 15) is 0 Å². The maximum atomic E-state index is 8.64. The number of halogens is 1. The highest BCUT2D eigenvalue weighted by atomic mass is 35.5. The van der Waals surface area contributed by atoms with Crippen LogP contribution in [0, 0.1) is 0 Å². The average Bonchev–Trinajstić information content (AvgIpc) is 1.84. The number of rotatable bonds is 2. The number of hydrogen-bond acceptors (Lipinski definition) is 3. The fraction of sp³-hybridized carbons (Fsp3) is 0.600. The second kappa shape index (κ2) is 3.45. The van der Waals surface area contributed by atoms with Crippen molar-refractivity contribution in [1.29, 1.82) is 0 Å². The molecule has 0 aliphatic carbocycles. The van der Waals surface area contributed by atoms with E-state index in [-0.39, 0.29) is 0 Å². The molecule has 0 aromatic rings. The van der Waals surface area contributed by atoms with Gasteiger partial charge < -0.3 is 15.3 Å². The molecule has 0 fully saturated rings. The first-order chi connectivity index (χ1) is 4.09. The van der Waals surface area contributed by atoms with Gasteiger partial charge in [-0.15, -0.1) is 11.6 Å². The van der Waals surface area contributed by atoms with Crippen molar-refractivity contribution < 1.29 is 15.3 Å². The molecular formula is C5H9ClO3. The van der Waals surface area contributed by atoms with Crippen LogP contribution in [0.3, 0.4) is 0 Å². The third kappa shape index (κ3) is 2.46. The normalized spacial score (nSPS) is 12.7. The Bertz CT molecular complexity index is 117. The SMILES string of the molecule is CCC(Cl)C(O)=C(O)O. The largest absolute Gasteiger partial charge is 0.505 e. The summed E-state index contributed by atoms with van der Waals surface area (Å²) in [6, 6.07) is 0. The monoisotopic (exact) mass is 152 g/mol. The van der Waals surface area contributed by atoms with Crippen LogP contribution in [0.15, 0.2) is 11.7 Å². The van der Waals surface area contributed by atoms with Crippen molar-refractivity contribution in [3.63, 3.8) is 0 Å². The lowest BCUT2D eigenvalue weighted by Crippen LogP contribution is -2.03. The second-order valence-corrected chi connectivity index (χ2v) is 2.11. The molecule has 0 aliphatic rings. The molecule has 1 atom stereocenters. The van der Waals surface area contributed by atoms with E-state index in [0.717, 1.165) is 0 Å². The molecule has 54 valence electrons. The third-order valence-corrected chi connectivity index (χ3v) is 1.40. The Kier molecular flexibility index (Phi) is 3.24. The molecule has 0 spiro atoms. The Labute approximate surface area is 58.2 Å². The Morgan fingerprint density at radius 2 is 1.89 bits per heavy atom. The maximum absolute atomic E-state index is 8.64. The molecule has 9 heavy (non-hydrogen) atoms. The molecule has 0 heterocycles. The van der Waals surface area contributed by atoms with Gasteiger partial charge in [0.25, 0.3) is 0 Å². The lowest BCUT2D eigenvalue weighted by molar-refractivity contribution is 0.154. The third-order valence-electron chi connectivity index (χ3n) is 0.884. The molecule has 0 aromatic heterocycles. The predicted octanol–water partition coefficient (Wildman–Crippen LogP) is 1.85. The minimum atomic E-state index is -1.10. The molecular weight excluding hydrogens is 144 g/mol. The topological polar surface area (TPSA) is 60.7 Å². The van der Waals surface area contributed by atoms with Gasteiger partial charge in [0.1, 0.15) is 0 Å². The Hall–Kier alpha value is -0.570. The zero-order valence-electron chi connectivity index (χ0n) is 5.00. The first-order valence-electron chi connectivity index (χ1n) is 2.54. The molecule has 4 heteroatoms. The van der Waals surface area contributed by atoms with Crippen molar-refractivity contribution in [3.8, 4) is 0 Å². The molecule has 0 radical (unpaired) electrons. The Balaban J connectivity index is 4.02. The van der Waals surface area contributed by atoms with E-state index in [2.05, 4.69) is 0 Å². The first-order valence-corrected chi connectivity index (χ1v) is 2.98. The van der Waals surface area contributed by atoms with E-state index < -0.39 is 17.1 Å². The molecule has 1 unspecified atom stereocenters. The van der Waals surface area contributed by atoms with Crippen LogP contribution in [0.4, 0.5) is 0 Å². The summed E-state index contributed by atoms with van der Waals surface area (Å²) in [7, 11) is 0. The molecule has 0 saturated carbocycles. The van der Waals surface area contributed by atoms with Crippen molar-refractivity contribution >= 4 is 11.6 Å². The van der Waals surface area contributed by atoms with Crippen LogP contribution in [-0.4, -0.2) is 20.7 Å². The predicted molar refractivity (Wildman–Crippen MR) is 34.8 cm³/mol. The van der Waals surface area contributed by atoms with Crippen molar-refractivity contribution in [2.75, 3.05) is 0 Å². The van der Waals surface area contributed by atoms with Gasteiger partial charge in [-0.05, 0) is 6.42 Å². The van der Waals surface area contributed by atoms with Gasteiger partial charge in [0, 0.05) is 0 Å². The zero-order valence-corrected chi connectivity index (χ0v) is 5.76. The molecule has 0 rings (SSSR count). The fourth-order valence-electron chi connectivity index (χ4n) is 0.333. The minimum absolute atomic E-state index is 0.456. The zero-order chi connectivity index (χ0) is 7.44. The number of allylic oxidation sites excluding steroid dienone is 1. The van der Waals surface area contributed by atoms with Crippen LogP contribution in [0.2, 0.25) is 0 Å². The first kappa shape index (κ1) is 8.43. The van der Waals surface area contributed by atoms with Crippen LogP contribution in [-0.2, 0) is 0 Å². The molecule has 0 aromatic carbocycles. The summed E-state index contributed by atoms with van der Waals surface area (Å²) >= 11 is 5.38. The summed E-state index contributed by atoms with van der Waals surface area (Å²) in [5, 5.41) is 24.4. The average molecular weight is 153 g/mol. The van der Waals surface area contributed by atoms with Crippen LogP contribution in [0.1, 0.15) is 13.3 Å². The van der Waals surface area contributed by atoms with Crippen molar-refractivity contribution in [2.45, 2.75) is 18.7 Å². The highest BCUT2D eigenvalue weighted by Gasteiger charge is 2.11. The summed E-state index contributed by atoms with van der Waals surface area (Å²) in [6.07, 6.45) is 0.456. The number of aliphatic hydroxyl groups is 3. The molecule has 3 N–H and O–H groups in total. The van der Waals surface area contributed by atoms with Crippen LogP contribution in [0.25, 0.3) is 0 Å². The van der Waals surface area contributed by atoms with E-state index in [1.165, 1.54) is 0 Å². The summed E-state index contributed by atoms with van der Waals surface area (Å²) < 4.78 is 0. The van der Waals surface area contributed by atoms with Crippen LogP contribution in [0.5, 0.6) is 0 Å². The molecule has 3 nitrogen and oxygen atoms in total. The molecule has 0 amide bonds. The summed E-state index contributed by atoms with van der Waals surface area (Å²) in [6.45, 7) is 1.72. The van der Waals surface area contributed by atoms with Gasteiger partial charge in [-0.2, -0.15) is 0 Å². The van der Waals surface area contributed by atoms with E-state index in [4.69, 9.17) is 26.9 Å². The number of hydrogen-bond donors (Lipinski definition) is 3. The Morgan fingerprint density at radius 1 is 1.44 bits per heavy atom. The van der Waals surface area contributed by atoms with Gasteiger partial charge in [-0.3, -0.25) is 0 Å². The molecule has 0 saturated heterocycles. The van der Waals surface area contributed by atoms with Gasteiger partial charge in [-0.25, -0.2) is 0 Å². The van der Waals surface area contributed by atoms with Gasteiger partial charge in [0.2, 0.25) is 0 Å². The van der Waals surface area contributed by atoms with Gasteiger partial charge in [-0.1, -0.05) is 6.92 Å². The highest BCUT2D eigenvalue weighted by molar-refractivity contribution is 6.22. The fourth-order valence-corrected chi connectivity index (χ4v) is 0.431. The van der Waals surface area contributed by atoms with Crippen LogP contribution >= 0.6 is 11.6 Å². The summed E-state index contributed by atoms with van der Waals surface area (Å²) in [5.74, 6) is -1.67. The summed E-state index contributed by atoms with van der Waals surface area (Å²) in [5.41, 5.74) is 0. The number of aliphatic hydroxyl groups excluding tert-OH is 2. The van der Waals surface area contributed by atoms with Gasteiger partial charge in [0.15, 0.2) is 5.76 Å². The minimum Gasteiger partial charge on any atom is -0.505 e. The highest BCUT2D eigenvalue weighted by Crippen LogP contribution is 2.11. The smallest absolute Gasteiger partial charge is 0.315 e.